The van der Waals surface area contributed by atoms with Gasteiger partial charge < -0.3 is 10.0 Å². The highest BCUT2D eigenvalue weighted by Gasteiger charge is 2.27. The highest BCUT2D eigenvalue weighted by atomic mass is 16.4. The molecule has 0 aliphatic carbocycles. The van der Waals surface area contributed by atoms with Crippen molar-refractivity contribution in [1.82, 2.24) is 25.1 Å². The molecule has 1 amide bonds. The Kier molecular flexibility index (Phi) is 4.83. The van der Waals surface area contributed by atoms with Crippen molar-refractivity contribution in [3.63, 3.8) is 0 Å². The van der Waals surface area contributed by atoms with Crippen molar-refractivity contribution in [1.29, 1.82) is 0 Å². The fourth-order valence-corrected chi connectivity index (χ4v) is 3.09. The molecule has 24 heavy (non-hydrogen) atoms. The van der Waals surface area contributed by atoms with Crippen LogP contribution < -0.4 is 0 Å². The van der Waals surface area contributed by atoms with E-state index in [4.69, 9.17) is 5.11 Å². The van der Waals surface area contributed by atoms with Crippen molar-refractivity contribution >= 4 is 11.9 Å². The van der Waals surface area contributed by atoms with Gasteiger partial charge in [0, 0.05) is 24.6 Å². The summed E-state index contributed by atoms with van der Waals surface area (Å²) in [6.45, 7) is 0.665. The molecule has 126 valence electrons. The van der Waals surface area contributed by atoms with Crippen molar-refractivity contribution in [2.45, 2.75) is 38.1 Å². The van der Waals surface area contributed by atoms with Crippen LogP contribution in [-0.4, -0.2) is 54.7 Å². The van der Waals surface area contributed by atoms with Gasteiger partial charge in [0.15, 0.2) is 0 Å². The standard InChI is InChI=1S/C16H19N5O3/c22-15(23)8-7-13-5-1-2-9-20(13)16(24)12-4-3-6-14(10-12)21-11-17-18-19-21/h3-4,6,10-11,13H,1-2,5,7-9H2,(H,22,23). The number of carboxylic acids is 1. The van der Waals surface area contributed by atoms with Gasteiger partial charge in [-0.2, -0.15) is 0 Å². The molecule has 1 aliphatic heterocycles. The molecule has 1 unspecified atom stereocenters. The van der Waals surface area contributed by atoms with Gasteiger partial charge in [0.1, 0.15) is 6.33 Å². The van der Waals surface area contributed by atoms with Gasteiger partial charge in [0.2, 0.25) is 0 Å². The third kappa shape index (κ3) is 3.58. The number of carboxylic acid groups (broad SMARTS) is 1. The summed E-state index contributed by atoms with van der Waals surface area (Å²) in [7, 11) is 0. The predicted molar refractivity (Wildman–Crippen MR) is 84.7 cm³/mol. The summed E-state index contributed by atoms with van der Waals surface area (Å²) in [4.78, 5) is 25.5. The number of carbonyl (C=O) groups excluding carboxylic acids is 1. The van der Waals surface area contributed by atoms with E-state index in [1.165, 1.54) is 11.0 Å². The van der Waals surface area contributed by atoms with Crippen LogP contribution in [0.4, 0.5) is 0 Å². The van der Waals surface area contributed by atoms with E-state index in [1.54, 1.807) is 18.2 Å². The monoisotopic (exact) mass is 329 g/mol. The molecule has 0 spiro atoms. The first-order valence-corrected chi connectivity index (χ1v) is 8.01. The summed E-state index contributed by atoms with van der Waals surface area (Å²) in [5, 5.41) is 19.9. The Hall–Kier alpha value is -2.77. The predicted octanol–water partition coefficient (Wildman–Crippen LogP) is 1.52. The van der Waals surface area contributed by atoms with Gasteiger partial charge in [-0.3, -0.25) is 9.59 Å². The summed E-state index contributed by atoms with van der Waals surface area (Å²) < 4.78 is 1.49. The van der Waals surface area contributed by atoms with Crippen LogP contribution in [0, 0.1) is 0 Å². The fraction of sp³-hybridized carbons (Fsp3) is 0.438. The van der Waals surface area contributed by atoms with Crippen molar-refractivity contribution in [2.75, 3.05) is 6.54 Å². The van der Waals surface area contributed by atoms with Crippen molar-refractivity contribution in [2.24, 2.45) is 0 Å². The van der Waals surface area contributed by atoms with Crippen molar-refractivity contribution in [3.05, 3.63) is 36.2 Å². The van der Waals surface area contributed by atoms with Gasteiger partial charge in [-0.25, -0.2) is 4.68 Å². The highest BCUT2D eigenvalue weighted by molar-refractivity contribution is 5.95. The van der Waals surface area contributed by atoms with Crippen LogP contribution in [0.2, 0.25) is 0 Å². The minimum atomic E-state index is -0.825. The lowest BCUT2D eigenvalue weighted by atomic mass is 9.97. The zero-order chi connectivity index (χ0) is 16.9. The summed E-state index contributed by atoms with van der Waals surface area (Å²) in [6.07, 6.45) is 4.87. The molecular formula is C16H19N5O3. The van der Waals surface area contributed by atoms with Gasteiger partial charge in [-0.1, -0.05) is 6.07 Å². The first kappa shape index (κ1) is 16.1. The second kappa shape index (κ2) is 7.20. The molecule has 1 N–H and O–H groups in total. The van der Waals surface area contributed by atoms with Crippen molar-refractivity contribution < 1.29 is 14.7 Å². The largest absolute Gasteiger partial charge is 0.481 e. The number of aliphatic carboxylic acids is 1. The number of carbonyl (C=O) groups is 2. The van der Waals surface area contributed by atoms with E-state index in [0.717, 1.165) is 19.3 Å². The minimum absolute atomic E-state index is 0.0148. The van der Waals surface area contributed by atoms with Crippen LogP contribution in [0.15, 0.2) is 30.6 Å². The molecule has 8 nitrogen and oxygen atoms in total. The van der Waals surface area contributed by atoms with Crippen LogP contribution >= 0.6 is 0 Å². The molecule has 1 atom stereocenters. The van der Waals surface area contributed by atoms with Crippen LogP contribution in [0.5, 0.6) is 0 Å². The van der Waals surface area contributed by atoms with Crippen LogP contribution in [0.3, 0.4) is 0 Å². The number of hydrogen-bond acceptors (Lipinski definition) is 5. The average Bonchev–Trinajstić information content (AvgIpc) is 3.14. The number of aromatic nitrogens is 4. The number of hydrogen-bond donors (Lipinski definition) is 1. The fourth-order valence-electron chi connectivity index (χ4n) is 3.09. The molecule has 1 fully saturated rings. The normalized spacial score (nSPS) is 17.7. The molecular weight excluding hydrogens is 310 g/mol. The number of tetrazole rings is 1. The lowest BCUT2D eigenvalue weighted by molar-refractivity contribution is -0.137. The smallest absolute Gasteiger partial charge is 0.303 e. The van der Waals surface area contributed by atoms with Gasteiger partial charge in [0.25, 0.3) is 5.91 Å². The maximum absolute atomic E-state index is 12.9. The number of likely N-dealkylation sites (tertiary alicyclic amines) is 1. The second-order valence-corrected chi connectivity index (χ2v) is 5.89. The molecule has 0 saturated carbocycles. The summed E-state index contributed by atoms with van der Waals surface area (Å²) in [5.74, 6) is -0.895. The first-order valence-electron chi connectivity index (χ1n) is 8.01. The second-order valence-electron chi connectivity index (χ2n) is 5.89. The Bertz CT molecular complexity index is 716. The zero-order valence-electron chi connectivity index (χ0n) is 13.2. The topological polar surface area (TPSA) is 101 Å². The van der Waals surface area contributed by atoms with E-state index in [1.807, 2.05) is 11.0 Å². The molecule has 1 saturated heterocycles. The maximum Gasteiger partial charge on any atom is 0.303 e. The van der Waals surface area contributed by atoms with Gasteiger partial charge in [-0.15, -0.1) is 5.10 Å². The molecule has 8 heteroatoms. The Morgan fingerprint density at radius 3 is 2.92 bits per heavy atom. The Morgan fingerprint density at radius 2 is 2.17 bits per heavy atom. The third-order valence-electron chi connectivity index (χ3n) is 4.29. The van der Waals surface area contributed by atoms with Crippen LogP contribution in [0.1, 0.15) is 42.5 Å². The van der Waals surface area contributed by atoms with E-state index in [-0.39, 0.29) is 18.4 Å². The summed E-state index contributed by atoms with van der Waals surface area (Å²) in [5.41, 5.74) is 1.27. The third-order valence-corrected chi connectivity index (χ3v) is 4.29. The molecule has 1 aromatic heterocycles. The lowest BCUT2D eigenvalue weighted by Crippen LogP contribution is -2.44. The van der Waals surface area contributed by atoms with E-state index >= 15 is 0 Å². The van der Waals surface area contributed by atoms with Crippen LogP contribution in [-0.2, 0) is 4.79 Å². The SMILES string of the molecule is O=C(O)CCC1CCCCN1C(=O)c1cccc(-n2cnnn2)c1. The quantitative estimate of drug-likeness (QED) is 0.892. The number of rotatable bonds is 5. The Balaban J connectivity index is 1.79. The first-order chi connectivity index (χ1) is 11.6. The zero-order valence-corrected chi connectivity index (χ0v) is 13.2. The molecule has 2 aromatic rings. The minimum Gasteiger partial charge on any atom is -0.481 e. The van der Waals surface area contributed by atoms with Crippen molar-refractivity contribution in [3.8, 4) is 5.69 Å². The van der Waals surface area contributed by atoms with Gasteiger partial charge in [0.05, 0.1) is 5.69 Å². The highest BCUT2D eigenvalue weighted by Crippen LogP contribution is 2.23. The molecule has 2 heterocycles. The number of nitrogens with zero attached hydrogens (tertiary/aromatic N) is 5. The van der Waals surface area contributed by atoms with Crippen LogP contribution in [0.25, 0.3) is 5.69 Å². The molecule has 0 bridgehead atoms. The van der Waals surface area contributed by atoms with E-state index in [9.17, 15) is 9.59 Å². The maximum atomic E-state index is 12.9. The van der Waals surface area contributed by atoms with E-state index < -0.39 is 5.97 Å². The molecule has 1 aliphatic rings. The van der Waals surface area contributed by atoms with Gasteiger partial charge in [-0.05, 0) is 54.3 Å². The van der Waals surface area contributed by atoms with Gasteiger partial charge >= 0.3 is 5.97 Å². The Labute approximate surface area is 139 Å². The number of benzene rings is 1. The van der Waals surface area contributed by atoms with E-state index in [2.05, 4.69) is 15.5 Å². The molecule has 0 radical (unpaired) electrons. The number of amides is 1. The lowest BCUT2D eigenvalue weighted by Gasteiger charge is -2.35. The average molecular weight is 329 g/mol. The summed E-state index contributed by atoms with van der Waals surface area (Å²) >= 11 is 0. The summed E-state index contributed by atoms with van der Waals surface area (Å²) in [6, 6.07) is 7.12. The Morgan fingerprint density at radius 1 is 1.29 bits per heavy atom. The van der Waals surface area contributed by atoms with E-state index in [0.29, 0.717) is 24.2 Å². The molecule has 1 aromatic carbocycles. The number of piperidine rings is 1. The molecule has 3 rings (SSSR count).